The first-order valence-electron chi connectivity index (χ1n) is 5.83. The van der Waals surface area contributed by atoms with Crippen LogP contribution in [0.25, 0.3) is 0 Å². The van der Waals surface area contributed by atoms with Gasteiger partial charge in [0, 0.05) is 19.0 Å². The van der Waals surface area contributed by atoms with Gasteiger partial charge in [-0.3, -0.25) is 4.79 Å². The Kier molecular flexibility index (Phi) is 5.60. The maximum Gasteiger partial charge on any atom is 0.219 e. The number of hydrogen-bond acceptors (Lipinski definition) is 2. The monoisotopic (exact) mass is 198 g/mol. The van der Waals surface area contributed by atoms with Crippen molar-refractivity contribution >= 4 is 5.91 Å². The summed E-state index contributed by atoms with van der Waals surface area (Å²) in [6.45, 7) is 4.01. The van der Waals surface area contributed by atoms with E-state index in [1.54, 1.807) is 0 Å². The van der Waals surface area contributed by atoms with Crippen molar-refractivity contribution in [2.75, 3.05) is 13.1 Å². The minimum absolute atomic E-state index is 0.198. The lowest BCUT2D eigenvalue weighted by Crippen LogP contribution is -2.37. The number of piperidine rings is 1. The Morgan fingerprint density at radius 1 is 1.50 bits per heavy atom. The second-order valence-electron chi connectivity index (χ2n) is 4.04. The molecule has 0 spiro atoms. The molecule has 1 aliphatic rings. The smallest absolute Gasteiger partial charge is 0.219 e. The van der Waals surface area contributed by atoms with Crippen LogP contribution in [0.2, 0.25) is 0 Å². The summed E-state index contributed by atoms with van der Waals surface area (Å²) in [5.41, 5.74) is 0. The average molecular weight is 198 g/mol. The molecule has 0 radical (unpaired) electrons. The maximum absolute atomic E-state index is 11.2. The summed E-state index contributed by atoms with van der Waals surface area (Å²) in [7, 11) is 0. The zero-order chi connectivity index (χ0) is 10.2. The fourth-order valence-corrected chi connectivity index (χ4v) is 1.87. The Bertz CT molecular complexity index is 165. The van der Waals surface area contributed by atoms with Gasteiger partial charge in [-0.15, -0.1) is 0 Å². The third-order valence-corrected chi connectivity index (χ3v) is 2.70. The van der Waals surface area contributed by atoms with Gasteiger partial charge < -0.3 is 10.6 Å². The van der Waals surface area contributed by atoms with Crippen molar-refractivity contribution in [3.63, 3.8) is 0 Å². The molecule has 1 atom stereocenters. The van der Waals surface area contributed by atoms with Gasteiger partial charge in [0.2, 0.25) is 5.91 Å². The highest BCUT2D eigenvalue weighted by Gasteiger charge is 2.11. The molecule has 0 aromatic heterocycles. The SMILES string of the molecule is CCCC(=O)NCCC1CCCCN1. The molecule has 1 fully saturated rings. The van der Waals surface area contributed by atoms with E-state index in [9.17, 15) is 4.79 Å². The van der Waals surface area contributed by atoms with Crippen LogP contribution in [-0.2, 0) is 4.79 Å². The van der Waals surface area contributed by atoms with Crippen LogP contribution in [0.3, 0.4) is 0 Å². The van der Waals surface area contributed by atoms with Gasteiger partial charge in [-0.05, 0) is 32.2 Å². The molecule has 14 heavy (non-hydrogen) atoms. The number of rotatable bonds is 5. The molecule has 0 aromatic carbocycles. The summed E-state index contributed by atoms with van der Waals surface area (Å²) in [6.07, 6.45) is 6.59. The van der Waals surface area contributed by atoms with Crippen LogP contribution in [0, 0.1) is 0 Å². The Morgan fingerprint density at radius 3 is 3.00 bits per heavy atom. The Labute approximate surface area is 86.6 Å². The fourth-order valence-electron chi connectivity index (χ4n) is 1.87. The van der Waals surface area contributed by atoms with Gasteiger partial charge in [0.15, 0.2) is 0 Å². The second kappa shape index (κ2) is 6.82. The van der Waals surface area contributed by atoms with Crippen molar-refractivity contribution in [1.82, 2.24) is 10.6 Å². The van der Waals surface area contributed by atoms with Crippen molar-refractivity contribution in [3.05, 3.63) is 0 Å². The standard InChI is InChI=1S/C11H22N2O/c1-2-5-11(14)13-9-7-10-6-3-4-8-12-10/h10,12H,2-9H2,1H3,(H,13,14). The molecule has 0 aromatic rings. The Balaban J connectivity index is 1.99. The van der Waals surface area contributed by atoms with E-state index in [0.717, 1.165) is 25.9 Å². The van der Waals surface area contributed by atoms with Gasteiger partial charge >= 0.3 is 0 Å². The lowest BCUT2D eigenvalue weighted by molar-refractivity contribution is -0.121. The largest absolute Gasteiger partial charge is 0.356 e. The average Bonchev–Trinajstić information content (AvgIpc) is 2.20. The van der Waals surface area contributed by atoms with Crippen LogP contribution in [0.1, 0.15) is 45.4 Å². The predicted octanol–water partition coefficient (Wildman–Crippen LogP) is 1.43. The van der Waals surface area contributed by atoms with Gasteiger partial charge in [0.25, 0.3) is 0 Å². The summed E-state index contributed by atoms with van der Waals surface area (Å²) in [5.74, 6) is 0.198. The number of carbonyl (C=O) groups excluding carboxylic acids is 1. The predicted molar refractivity (Wildman–Crippen MR) is 58.2 cm³/mol. The van der Waals surface area contributed by atoms with Crippen LogP contribution in [0.5, 0.6) is 0 Å². The molecule has 0 aliphatic carbocycles. The Morgan fingerprint density at radius 2 is 2.36 bits per heavy atom. The van der Waals surface area contributed by atoms with Crippen LogP contribution in [-0.4, -0.2) is 25.0 Å². The molecule has 1 amide bonds. The third kappa shape index (κ3) is 4.61. The summed E-state index contributed by atoms with van der Waals surface area (Å²) in [5, 5.41) is 6.43. The van der Waals surface area contributed by atoms with E-state index in [0.29, 0.717) is 12.5 Å². The first-order chi connectivity index (χ1) is 6.83. The molecule has 1 saturated heterocycles. The number of hydrogen-bond donors (Lipinski definition) is 2. The van der Waals surface area contributed by atoms with Gasteiger partial charge in [0.05, 0.1) is 0 Å². The minimum Gasteiger partial charge on any atom is -0.356 e. The fraction of sp³-hybridized carbons (Fsp3) is 0.909. The first-order valence-corrected chi connectivity index (χ1v) is 5.83. The molecule has 1 heterocycles. The summed E-state index contributed by atoms with van der Waals surface area (Å²) >= 11 is 0. The van der Waals surface area contributed by atoms with Crippen molar-refractivity contribution in [3.8, 4) is 0 Å². The third-order valence-electron chi connectivity index (χ3n) is 2.70. The first kappa shape index (κ1) is 11.5. The highest BCUT2D eigenvalue weighted by atomic mass is 16.1. The molecule has 3 nitrogen and oxygen atoms in total. The quantitative estimate of drug-likeness (QED) is 0.701. The molecule has 1 rings (SSSR count). The van der Waals surface area contributed by atoms with Crippen LogP contribution in [0.15, 0.2) is 0 Å². The second-order valence-corrected chi connectivity index (χ2v) is 4.04. The summed E-state index contributed by atoms with van der Waals surface area (Å²) in [6, 6.07) is 0.630. The van der Waals surface area contributed by atoms with Crippen molar-refractivity contribution in [2.45, 2.75) is 51.5 Å². The lowest BCUT2D eigenvalue weighted by atomic mass is 10.0. The Hall–Kier alpha value is -0.570. The zero-order valence-corrected chi connectivity index (χ0v) is 9.14. The maximum atomic E-state index is 11.2. The normalized spacial score (nSPS) is 21.9. The highest BCUT2D eigenvalue weighted by Crippen LogP contribution is 2.09. The number of amides is 1. The molecule has 0 bridgehead atoms. The topological polar surface area (TPSA) is 41.1 Å². The van der Waals surface area contributed by atoms with Crippen molar-refractivity contribution in [1.29, 1.82) is 0 Å². The van der Waals surface area contributed by atoms with E-state index < -0.39 is 0 Å². The molecule has 2 N–H and O–H groups in total. The van der Waals surface area contributed by atoms with E-state index in [1.807, 2.05) is 6.92 Å². The molecule has 3 heteroatoms. The summed E-state index contributed by atoms with van der Waals surface area (Å²) in [4.78, 5) is 11.2. The molecule has 82 valence electrons. The number of carbonyl (C=O) groups is 1. The van der Waals surface area contributed by atoms with Crippen LogP contribution >= 0.6 is 0 Å². The van der Waals surface area contributed by atoms with E-state index in [4.69, 9.17) is 0 Å². The van der Waals surface area contributed by atoms with E-state index in [-0.39, 0.29) is 5.91 Å². The van der Waals surface area contributed by atoms with Gasteiger partial charge in [-0.2, -0.15) is 0 Å². The molecular formula is C11H22N2O. The minimum atomic E-state index is 0.198. The van der Waals surface area contributed by atoms with Gasteiger partial charge in [-0.1, -0.05) is 13.3 Å². The van der Waals surface area contributed by atoms with Gasteiger partial charge in [0.1, 0.15) is 0 Å². The molecule has 1 unspecified atom stereocenters. The van der Waals surface area contributed by atoms with Crippen molar-refractivity contribution < 1.29 is 4.79 Å². The van der Waals surface area contributed by atoms with Crippen LogP contribution in [0.4, 0.5) is 0 Å². The molecule has 0 saturated carbocycles. The van der Waals surface area contributed by atoms with Crippen LogP contribution < -0.4 is 10.6 Å². The molecular weight excluding hydrogens is 176 g/mol. The number of nitrogens with one attached hydrogen (secondary N) is 2. The molecule has 1 aliphatic heterocycles. The zero-order valence-electron chi connectivity index (χ0n) is 9.14. The van der Waals surface area contributed by atoms with Gasteiger partial charge in [-0.25, -0.2) is 0 Å². The van der Waals surface area contributed by atoms with E-state index in [1.165, 1.54) is 19.3 Å². The highest BCUT2D eigenvalue weighted by molar-refractivity contribution is 5.75. The van der Waals surface area contributed by atoms with E-state index >= 15 is 0 Å². The van der Waals surface area contributed by atoms with Crippen molar-refractivity contribution in [2.24, 2.45) is 0 Å². The van der Waals surface area contributed by atoms with E-state index in [2.05, 4.69) is 10.6 Å². The lowest BCUT2D eigenvalue weighted by Gasteiger charge is -2.23. The summed E-state index contributed by atoms with van der Waals surface area (Å²) < 4.78 is 0.